The van der Waals surface area contributed by atoms with E-state index >= 15 is 0 Å². The highest BCUT2D eigenvalue weighted by molar-refractivity contribution is 5.85. The van der Waals surface area contributed by atoms with E-state index in [9.17, 15) is 4.79 Å². The van der Waals surface area contributed by atoms with E-state index < -0.39 is 0 Å². The zero-order valence-corrected chi connectivity index (χ0v) is 14.6. The first kappa shape index (κ1) is 22.3. The van der Waals surface area contributed by atoms with Crippen LogP contribution in [0.1, 0.15) is 46.0 Å². The fraction of sp³-hybridized carbons (Fsp3) is 0.929. The van der Waals surface area contributed by atoms with Gasteiger partial charge in [0.05, 0.1) is 0 Å². The lowest BCUT2D eigenvalue weighted by molar-refractivity contribution is -0.122. The van der Waals surface area contributed by atoms with Crippen molar-refractivity contribution in [2.75, 3.05) is 20.1 Å². The molecule has 3 N–H and O–H groups in total. The quantitative estimate of drug-likeness (QED) is 0.786. The van der Waals surface area contributed by atoms with E-state index in [0.29, 0.717) is 18.4 Å². The second-order valence-electron chi connectivity index (χ2n) is 5.84. The Kier molecular flexibility index (Phi) is 12.9. The largest absolute Gasteiger partial charge is 0.355 e. The Bertz CT molecular complexity index is 265. The summed E-state index contributed by atoms with van der Waals surface area (Å²) in [5.74, 6) is 0.552. The molecule has 0 bridgehead atoms. The Labute approximate surface area is 136 Å². The summed E-state index contributed by atoms with van der Waals surface area (Å²) >= 11 is 0. The summed E-state index contributed by atoms with van der Waals surface area (Å²) < 4.78 is 0. The van der Waals surface area contributed by atoms with E-state index in [1.165, 1.54) is 12.8 Å². The van der Waals surface area contributed by atoms with Crippen LogP contribution in [-0.2, 0) is 4.79 Å². The molecule has 2 atom stereocenters. The van der Waals surface area contributed by atoms with Crippen LogP contribution < -0.4 is 11.1 Å². The summed E-state index contributed by atoms with van der Waals surface area (Å²) in [5, 5.41) is 3.00. The van der Waals surface area contributed by atoms with Gasteiger partial charge in [0.25, 0.3) is 0 Å². The van der Waals surface area contributed by atoms with Gasteiger partial charge in [0.2, 0.25) is 5.91 Å². The van der Waals surface area contributed by atoms with Crippen molar-refractivity contribution < 1.29 is 4.79 Å². The molecular weight excluding hydrogens is 297 g/mol. The summed E-state index contributed by atoms with van der Waals surface area (Å²) in [7, 11) is 2.08. The fourth-order valence-electron chi connectivity index (χ4n) is 2.43. The number of carbonyl (C=O) groups excluding carboxylic acids is 1. The maximum atomic E-state index is 11.8. The maximum Gasteiger partial charge on any atom is 0.220 e. The Morgan fingerprint density at radius 2 is 1.90 bits per heavy atom. The van der Waals surface area contributed by atoms with Crippen molar-refractivity contribution in [3.05, 3.63) is 0 Å². The first-order valence-corrected chi connectivity index (χ1v) is 7.23. The molecule has 4 nitrogen and oxygen atoms in total. The van der Waals surface area contributed by atoms with Crippen molar-refractivity contribution in [3.8, 4) is 0 Å². The number of halogens is 2. The molecule has 1 amide bonds. The highest BCUT2D eigenvalue weighted by Crippen LogP contribution is 2.25. The van der Waals surface area contributed by atoms with Gasteiger partial charge in [0, 0.05) is 31.6 Å². The van der Waals surface area contributed by atoms with Crippen LogP contribution >= 0.6 is 24.8 Å². The van der Waals surface area contributed by atoms with Crippen LogP contribution in [0.15, 0.2) is 0 Å². The van der Waals surface area contributed by atoms with Crippen molar-refractivity contribution in [2.24, 2.45) is 11.7 Å². The molecule has 20 heavy (non-hydrogen) atoms. The molecule has 0 aromatic heterocycles. The molecule has 0 heterocycles. The highest BCUT2D eigenvalue weighted by Gasteiger charge is 2.23. The van der Waals surface area contributed by atoms with Gasteiger partial charge in [-0.3, -0.25) is 4.79 Å². The molecule has 2 unspecified atom stereocenters. The first-order chi connectivity index (χ1) is 8.50. The minimum atomic E-state index is 0. The van der Waals surface area contributed by atoms with Crippen LogP contribution in [-0.4, -0.2) is 43.0 Å². The Morgan fingerprint density at radius 1 is 1.30 bits per heavy atom. The molecule has 1 fully saturated rings. The maximum absolute atomic E-state index is 11.8. The molecule has 0 spiro atoms. The predicted octanol–water partition coefficient (Wildman–Crippen LogP) is 2.19. The van der Waals surface area contributed by atoms with Crippen molar-refractivity contribution in [1.29, 1.82) is 0 Å². The number of hydrogen-bond donors (Lipinski definition) is 2. The molecule has 0 saturated heterocycles. The van der Waals surface area contributed by atoms with Gasteiger partial charge >= 0.3 is 0 Å². The number of carbonyl (C=O) groups is 1. The summed E-state index contributed by atoms with van der Waals surface area (Å²) in [4.78, 5) is 14.1. The second-order valence-corrected chi connectivity index (χ2v) is 5.84. The predicted molar refractivity (Wildman–Crippen MR) is 89.8 cm³/mol. The topological polar surface area (TPSA) is 58.4 Å². The molecule has 0 aliphatic heterocycles. The van der Waals surface area contributed by atoms with Gasteiger partial charge in [-0.2, -0.15) is 0 Å². The van der Waals surface area contributed by atoms with Crippen LogP contribution in [0.2, 0.25) is 0 Å². The summed E-state index contributed by atoms with van der Waals surface area (Å²) in [6.07, 6.45) is 5.24. The number of rotatable bonds is 6. The van der Waals surface area contributed by atoms with Crippen molar-refractivity contribution in [3.63, 3.8) is 0 Å². The SMILES string of the molecule is CC(C)N(C)CCNC(=O)CC1CCCCC1N.Cl.Cl. The summed E-state index contributed by atoms with van der Waals surface area (Å²) in [5.41, 5.74) is 6.06. The van der Waals surface area contributed by atoms with Gasteiger partial charge in [-0.25, -0.2) is 0 Å². The Hall–Kier alpha value is -0.0300. The van der Waals surface area contributed by atoms with E-state index in [1.807, 2.05) is 0 Å². The minimum Gasteiger partial charge on any atom is -0.355 e. The third-order valence-corrected chi connectivity index (χ3v) is 4.08. The number of nitrogens with one attached hydrogen (secondary N) is 1. The van der Waals surface area contributed by atoms with E-state index in [0.717, 1.165) is 25.9 Å². The van der Waals surface area contributed by atoms with Gasteiger partial charge in [-0.1, -0.05) is 12.8 Å². The van der Waals surface area contributed by atoms with E-state index in [-0.39, 0.29) is 36.8 Å². The molecular formula is C14H31Cl2N3O. The molecule has 1 aliphatic rings. The zero-order chi connectivity index (χ0) is 13.5. The van der Waals surface area contributed by atoms with Crippen LogP contribution in [0, 0.1) is 5.92 Å². The smallest absolute Gasteiger partial charge is 0.220 e. The second kappa shape index (κ2) is 11.6. The van der Waals surface area contributed by atoms with Crippen molar-refractivity contribution in [1.82, 2.24) is 10.2 Å². The molecule has 0 aromatic carbocycles. The molecule has 0 radical (unpaired) electrons. The molecule has 122 valence electrons. The summed E-state index contributed by atoms with van der Waals surface area (Å²) in [6, 6.07) is 0.747. The number of hydrogen-bond acceptors (Lipinski definition) is 3. The summed E-state index contributed by atoms with van der Waals surface area (Å²) in [6.45, 7) is 5.95. The lowest BCUT2D eigenvalue weighted by Crippen LogP contribution is -2.39. The standard InChI is InChI=1S/C14H29N3O.2ClH/c1-11(2)17(3)9-8-16-14(18)10-12-6-4-5-7-13(12)15;;/h11-13H,4-10,15H2,1-3H3,(H,16,18);2*1H. The van der Waals surface area contributed by atoms with Gasteiger partial charge in [-0.15, -0.1) is 24.8 Å². The number of likely N-dealkylation sites (N-methyl/N-ethyl adjacent to an activating group) is 1. The van der Waals surface area contributed by atoms with Crippen LogP contribution in [0.3, 0.4) is 0 Å². The first-order valence-electron chi connectivity index (χ1n) is 7.23. The Morgan fingerprint density at radius 3 is 2.45 bits per heavy atom. The van der Waals surface area contributed by atoms with Crippen LogP contribution in [0.5, 0.6) is 0 Å². The average Bonchev–Trinajstić information content (AvgIpc) is 2.32. The number of amides is 1. The van der Waals surface area contributed by atoms with Crippen molar-refractivity contribution in [2.45, 2.75) is 58.0 Å². The lowest BCUT2D eigenvalue weighted by atomic mass is 9.83. The van der Waals surface area contributed by atoms with E-state index in [2.05, 4.69) is 31.1 Å². The molecule has 1 aliphatic carbocycles. The monoisotopic (exact) mass is 327 g/mol. The van der Waals surface area contributed by atoms with Gasteiger partial charge in [-0.05, 0) is 39.7 Å². The van der Waals surface area contributed by atoms with Gasteiger partial charge in [0.1, 0.15) is 0 Å². The minimum absolute atomic E-state index is 0. The van der Waals surface area contributed by atoms with Gasteiger partial charge in [0.15, 0.2) is 0 Å². The number of nitrogens with two attached hydrogens (primary N) is 1. The van der Waals surface area contributed by atoms with Gasteiger partial charge < -0.3 is 16.0 Å². The van der Waals surface area contributed by atoms with E-state index in [4.69, 9.17) is 5.73 Å². The highest BCUT2D eigenvalue weighted by atomic mass is 35.5. The van der Waals surface area contributed by atoms with E-state index in [1.54, 1.807) is 0 Å². The molecule has 1 saturated carbocycles. The normalized spacial score (nSPS) is 22.1. The van der Waals surface area contributed by atoms with Crippen molar-refractivity contribution >= 4 is 30.7 Å². The third-order valence-electron chi connectivity index (χ3n) is 4.08. The lowest BCUT2D eigenvalue weighted by Gasteiger charge is -2.28. The molecule has 6 heteroatoms. The molecule has 1 rings (SSSR count). The third kappa shape index (κ3) is 8.30. The number of nitrogens with zero attached hydrogens (tertiary/aromatic N) is 1. The molecule has 0 aromatic rings. The fourth-order valence-corrected chi connectivity index (χ4v) is 2.43. The van der Waals surface area contributed by atoms with Crippen LogP contribution in [0.25, 0.3) is 0 Å². The van der Waals surface area contributed by atoms with Crippen LogP contribution in [0.4, 0.5) is 0 Å². The Balaban J connectivity index is 0. The average molecular weight is 328 g/mol. The zero-order valence-electron chi connectivity index (χ0n) is 12.9.